The zero-order valence-electron chi connectivity index (χ0n) is 24.7. The number of ether oxygens (including phenoxy) is 3. The van der Waals surface area contributed by atoms with Gasteiger partial charge in [-0.1, -0.05) is 12.1 Å². The third-order valence-electron chi connectivity index (χ3n) is 5.96. The molecule has 0 aliphatic rings. The number of carbonyl (C=O) groups excluding carboxylic acids is 4. The monoisotopic (exact) mass is 588 g/mol. The molecular weight excluding hydrogens is 552 g/mol. The molecule has 0 radical (unpaired) electrons. The van der Waals surface area contributed by atoms with E-state index >= 15 is 0 Å². The van der Waals surface area contributed by atoms with Crippen molar-refractivity contribution in [2.24, 2.45) is 5.10 Å². The van der Waals surface area contributed by atoms with Crippen molar-refractivity contribution < 1.29 is 33.4 Å². The predicted octanol–water partition coefficient (Wildman–Crippen LogP) is 4.77. The number of hydrazone groups is 1. The van der Waals surface area contributed by atoms with E-state index in [0.29, 0.717) is 34.9 Å². The fourth-order valence-electron chi connectivity index (χ4n) is 3.78. The smallest absolute Gasteiger partial charge is 0.338 e. The van der Waals surface area contributed by atoms with Crippen molar-refractivity contribution in [3.63, 3.8) is 0 Å². The molecule has 0 atom stereocenters. The van der Waals surface area contributed by atoms with Crippen molar-refractivity contribution in [3.05, 3.63) is 82.9 Å². The number of nitrogens with one attached hydrogen (secondary N) is 3. The van der Waals surface area contributed by atoms with Gasteiger partial charge in [0.1, 0.15) is 0 Å². The molecule has 3 aromatic rings. The summed E-state index contributed by atoms with van der Waals surface area (Å²) < 4.78 is 16.3. The fourth-order valence-corrected chi connectivity index (χ4v) is 3.78. The standard InChI is InChI=1S/C32H36N4O7/c1-5-41-28-18-23(19-33-36-30(38)16-15-29(37)35-26-17-21(3)7-8-22(26)4)9-14-27(28)43-20-31(39)34-25-12-10-24(11-13-25)32(40)42-6-2/h7-14,17-19H,5-6,15-16,20H2,1-4H3,(H,34,39)(H,35,37)(H,36,38). The minimum Gasteiger partial charge on any atom is -0.490 e. The molecule has 11 heteroatoms. The Morgan fingerprint density at radius 3 is 2.23 bits per heavy atom. The molecule has 0 fully saturated rings. The lowest BCUT2D eigenvalue weighted by molar-refractivity contribution is -0.124. The molecule has 0 unspecified atom stereocenters. The maximum Gasteiger partial charge on any atom is 0.338 e. The first-order chi connectivity index (χ1) is 20.7. The van der Waals surface area contributed by atoms with Gasteiger partial charge in [-0.15, -0.1) is 0 Å². The molecule has 0 heterocycles. The quantitative estimate of drug-likeness (QED) is 0.140. The van der Waals surface area contributed by atoms with Crippen LogP contribution in [0.3, 0.4) is 0 Å². The van der Waals surface area contributed by atoms with Crippen molar-refractivity contribution in [2.75, 3.05) is 30.5 Å². The van der Waals surface area contributed by atoms with Crippen LogP contribution in [0.1, 0.15) is 53.7 Å². The predicted molar refractivity (Wildman–Crippen MR) is 164 cm³/mol. The van der Waals surface area contributed by atoms with Crippen LogP contribution >= 0.6 is 0 Å². The van der Waals surface area contributed by atoms with Crippen LogP contribution in [0.2, 0.25) is 0 Å². The lowest BCUT2D eigenvalue weighted by atomic mass is 10.1. The second-order valence-electron chi connectivity index (χ2n) is 9.43. The Kier molecular flexibility index (Phi) is 12.3. The molecule has 0 aromatic heterocycles. The van der Waals surface area contributed by atoms with Crippen molar-refractivity contribution >= 4 is 41.3 Å². The highest BCUT2D eigenvalue weighted by molar-refractivity contribution is 5.95. The highest BCUT2D eigenvalue weighted by Gasteiger charge is 2.12. The second kappa shape index (κ2) is 16.3. The second-order valence-corrected chi connectivity index (χ2v) is 9.43. The van der Waals surface area contributed by atoms with E-state index in [-0.39, 0.29) is 32.0 Å². The summed E-state index contributed by atoms with van der Waals surface area (Å²) in [6.45, 7) is 7.74. The molecule has 226 valence electrons. The minimum atomic E-state index is -0.434. The van der Waals surface area contributed by atoms with Crippen LogP contribution in [-0.2, 0) is 19.1 Å². The van der Waals surface area contributed by atoms with Gasteiger partial charge >= 0.3 is 5.97 Å². The Morgan fingerprint density at radius 2 is 1.51 bits per heavy atom. The average molecular weight is 589 g/mol. The van der Waals surface area contributed by atoms with Gasteiger partial charge in [-0.3, -0.25) is 14.4 Å². The van der Waals surface area contributed by atoms with E-state index in [2.05, 4.69) is 21.2 Å². The number of carbonyl (C=O) groups is 4. The van der Waals surface area contributed by atoms with Gasteiger partial charge in [0.05, 0.1) is 25.0 Å². The van der Waals surface area contributed by atoms with Crippen molar-refractivity contribution in [1.82, 2.24) is 5.43 Å². The maximum atomic E-state index is 12.4. The summed E-state index contributed by atoms with van der Waals surface area (Å²) in [5, 5.41) is 9.49. The number of esters is 1. The van der Waals surface area contributed by atoms with Gasteiger partial charge in [0, 0.05) is 24.2 Å². The zero-order chi connectivity index (χ0) is 31.2. The Morgan fingerprint density at radius 1 is 0.767 bits per heavy atom. The summed E-state index contributed by atoms with van der Waals surface area (Å²) in [5.74, 6) is -0.749. The molecule has 0 spiro atoms. The first-order valence-electron chi connectivity index (χ1n) is 13.8. The molecule has 3 aromatic carbocycles. The Balaban J connectivity index is 1.47. The van der Waals surface area contributed by atoms with Crippen LogP contribution < -0.4 is 25.5 Å². The van der Waals surface area contributed by atoms with Gasteiger partial charge in [0.25, 0.3) is 5.91 Å². The maximum absolute atomic E-state index is 12.4. The largest absolute Gasteiger partial charge is 0.490 e. The Labute approximate surface area is 250 Å². The number of hydrogen-bond donors (Lipinski definition) is 3. The first kappa shape index (κ1) is 32.3. The summed E-state index contributed by atoms with van der Waals surface area (Å²) in [7, 11) is 0. The summed E-state index contributed by atoms with van der Waals surface area (Å²) in [5.41, 5.74) is 6.62. The molecule has 0 aliphatic heterocycles. The van der Waals surface area contributed by atoms with Crippen LogP contribution in [0.4, 0.5) is 11.4 Å². The van der Waals surface area contributed by atoms with Crippen molar-refractivity contribution in [3.8, 4) is 11.5 Å². The van der Waals surface area contributed by atoms with E-state index in [4.69, 9.17) is 14.2 Å². The molecule has 0 aliphatic carbocycles. The van der Waals surface area contributed by atoms with E-state index in [9.17, 15) is 19.2 Å². The van der Waals surface area contributed by atoms with Gasteiger partial charge in [0.2, 0.25) is 11.8 Å². The Hall–Kier alpha value is -5.19. The summed E-state index contributed by atoms with van der Waals surface area (Å²) in [4.78, 5) is 48.6. The summed E-state index contributed by atoms with van der Waals surface area (Å²) >= 11 is 0. The average Bonchev–Trinajstić information content (AvgIpc) is 2.98. The first-order valence-corrected chi connectivity index (χ1v) is 13.8. The van der Waals surface area contributed by atoms with Crippen LogP contribution in [0.25, 0.3) is 0 Å². The van der Waals surface area contributed by atoms with Crippen LogP contribution in [0, 0.1) is 13.8 Å². The number of hydrogen-bond acceptors (Lipinski definition) is 8. The van der Waals surface area contributed by atoms with E-state index in [1.54, 1.807) is 49.4 Å². The van der Waals surface area contributed by atoms with Crippen LogP contribution in [0.5, 0.6) is 11.5 Å². The molecule has 3 rings (SSSR count). The molecular formula is C32H36N4O7. The Bertz CT molecular complexity index is 1470. The van der Waals surface area contributed by atoms with Gasteiger partial charge in [0.15, 0.2) is 18.1 Å². The van der Waals surface area contributed by atoms with Crippen molar-refractivity contribution in [2.45, 2.75) is 40.5 Å². The molecule has 0 saturated heterocycles. The highest BCUT2D eigenvalue weighted by Crippen LogP contribution is 2.28. The number of benzene rings is 3. The summed E-state index contributed by atoms with van der Waals surface area (Å²) in [6, 6.07) is 17.1. The lowest BCUT2D eigenvalue weighted by Crippen LogP contribution is -2.21. The molecule has 0 bridgehead atoms. The number of nitrogens with zero attached hydrogens (tertiary/aromatic N) is 1. The van der Waals surface area contributed by atoms with E-state index in [0.717, 1.165) is 16.8 Å². The van der Waals surface area contributed by atoms with Gasteiger partial charge in [-0.25, -0.2) is 10.2 Å². The lowest BCUT2D eigenvalue weighted by Gasteiger charge is -2.13. The zero-order valence-corrected chi connectivity index (χ0v) is 24.7. The van der Waals surface area contributed by atoms with Gasteiger partial charge < -0.3 is 24.8 Å². The molecule has 43 heavy (non-hydrogen) atoms. The highest BCUT2D eigenvalue weighted by atomic mass is 16.5. The van der Waals surface area contributed by atoms with E-state index in [1.807, 2.05) is 39.0 Å². The SMILES string of the molecule is CCOC(=O)c1ccc(NC(=O)COc2ccc(C=NNC(=O)CCC(=O)Nc3cc(C)ccc3C)cc2OCC)cc1. The number of amides is 3. The van der Waals surface area contributed by atoms with Crippen LogP contribution in [-0.4, -0.2) is 49.7 Å². The fraction of sp³-hybridized carbons (Fsp3) is 0.281. The third-order valence-corrected chi connectivity index (χ3v) is 5.96. The van der Waals surface area contributed by atoms with E-state index in [1.165, 1.54) is 6.21 Å². The molecule has 0 saturated carbocycles. The third kappa shape index (κ3) is 10.6. The summed E-state index contributed by atoms with van der Waals surface area (Å²) in [6.07, 6.45) is 1.43. The van der Waals surface area contributed by atoms with Gasteiger partial charge in [-0.2, -0.15) is 5.10 Å². The molecule has 3 N–H and O–H groups in total. The van der Waals surface area contributed by atoms with E-state index < -0.39 is 17.8 Å². The van der Waals surface area contributed by atoms with Crippen LogP contribution in [0.15, 0.2) is 65.8 Å². The normalized spacial score (nSPS) is 10.6. The minimum absolute atomic E-state index is 0.0156. The topological polar surface area (TPSA) is 144 Å². The number of rotatable bonds is 14. The van der Waals surface area contributed by atoms with Crippen molar-refractivity contribution in [1.29, 1.82) is 0 Å². The number of aryl methyl sites for hydroxylation is 2. The molecule has 3 amide bonds. The molecule has 11 nitrogen and oxygen atoms in total. The number of anilines is 2. The van der Waals surface area contributed by atoms with Gasteiger partial charge in [-0.05, 0) is 92.9 Å².